The second kappa shape index (κ2) is 8.89. The van der Waals surface area contributed by atoms with Crippen LogP contribution in [0.4, 0.5) is 0 Å². The standard InChI is InChI=1S/C13H24ClO6P/c1-6-18-21(17,19-7-2)10(12(14)16)8-9-11(15)20-13(3,4)5/h10H,6-9H2,1-5H3. The van der Waals surface area contributed by atoms with Gasteiger partial charge in [0.15, 0.2) is 0 Å². The lowest BCUT2D eigenvalue weighted by atomic mass is 10.2. The molecule has 1 unspecified atom stereocenters. The van der Waals surface area contributed by atoms with Crippen LogP contribution in [0.2, 0.25) is 0 Å². The van der Waals surface area contributed by atoms with Crippen molar-refractivity contribution in [1.29, 1.82) is 0 Å². The third kappa shape index (κ3) is 7.96. The van der Waals surface area contributed by atoms with E-state index in [0.717, 1.165) is 0 Å². The molecule has 0 amide bonds. The summed E-state index contributed by atoms with van der Waals surface area (Å²) in [5.41, 5.74) is -1.80. The molecule has 1 atom stereocenters. The van der Waals surface area contributed by atoms with Crippen LogP contribution in [0.1, 0.15) is 47.5 Å². The Balaban J connectivity index is 4.87. The maximum Gasteiger partial charge on any atom is 0.342 e. The fourth-order valence-corrected chi connectivity index (χ4v) is 3.94. The van der Waals surface area contributed by atoms with E-state index in [0.29, 0.717) is 0 Å². The summed E-state index contributed by atoms with van der Waals surface area (Å²) in [6, 6.07) is 0. The summed E-state index contributed by atoms with van der Waals surface area (Å²) in [5.74, 6) is -0.495. The molecule has 124 valence electrons. The van der Waals surface area contributed by atoms with Gasteiger partial charge in [0.1, 0.15) is 11.3 Å². The number of esters is 1. The van der Waals surface area contributed by atoms with E-state index < -0.39 is 30.1 Å². The zero-order chi connectivity index (χ0) is 16.7. The minimum absolute atomic E-state index is 0.0471. The third-order valence-electron chi connectivity index (χ3n) is 2.30. The molecule has 0 aromatic carbocycles. The molecular weight excluding hydrogens is 319 g/mol. The van der Waals surface area contributed by atoms with Crippen molar-refractivity contribution in [2.45, 2.75) is 58.7 Å². The molecule has 21 heavy (non-hydrogen) atoms. The van der Waals surface area contributed by atoms with Gasteiger partial charge in [0, 0.05) is 6.42 Å². The number of carbonyl (C=O) groups excluding carboxylic acids is 2. The molecule has 0 aliphatic heterocycles. The Labute approximate surface area is 131 Å². The Hall–Kier alpha value is -0.420. The van der Waals surface area contributed by atoms with Crippen LogP contribution in [0, 0.1) is 0 Å². The smallest absolute Gasteiger partial charge is 0.342 e. The largest absolute Gasteiger partial charge is 0.460 e. The highest BCUT2D eigenvalue weighted by Crippen LogP contribution is 2.55. The van der Waals surface area contributed by atoms with Gasteiger partial charge in [-0.2, -0.15) is 0 Å². The van der Waals surface area contributed by atoms with Crippen LogP contribution < -0.4 is 0 Å². The van der Waals surface area contributed by atoms with Crippen molar-refractivity contribution in [2.75, 3.05) is 13.2 Å². The minimum atomic E-state index is -3.68. The van der Waals surface area contributed by atoms with Crippen LogP contribution >= 0.6 is 19.2 Å². The zero-order valence-electron chi connectivity index (χ0n) is 13.2. The first kappa shape index (κ1) is 20.6. The molecule has 0 aliphatic rings. The minimum Gasteiger partial charge on any atom is -0.460 e. The average molecular weight is 343 g/mol. The van der Waals surface area contributed by atoms with Gasteiger partial charge in [-0.05, 0) is 52.6 Å². The molecule has 0 aliphatic carbocycles. The summed E-state index contributed by atoms with van der Waals surface area (Å²) >= 11 is 5.49. The molecule has 0 aromatic heterocycles. The van der Waals surface area contributed by atoms with Gasteiger partial charge < -0.3 is 13.8 Å². The van der Waals surface area contributed by atoms with E-state index in [4.69, 9.17) is 25.4 Å². The number of hydrogen-bond acceptors (Lipinski definition) is 6. The van der Waals surface area contributed by atoms with Crippen molar-refractivity contribution in [3.63, 3.8) is 0 Å². The Bertz CT molecular complexity index is 394. The first-order chi connectivity index (χ1) is 9.55. The summed E-state index contributed by atoms with van der Waals surface area (Å²) in [4.78, 5) is 23.2. The number of rotatable bonds is 9. The van der Waals surface area contributed by atoms with E-state index in [1.54, 1.807) is 34.6 Å². The van der Waals surface area contributed by atoms with Gasteiger partial charge in [-0.1, -0.05) is 0 Å². The normalized spacial score (nSPS) is 13.8. The zero-order valence-corrected chi connectivity index (χ0v) is 14.8. The van der Waals surface area contributed by atoms with E-state index >= 15 is 0 Å². The number of ether oxygens (including phenoxy) is 1. The number of carbonyl (C=O) groups is 2. The maximum atomic E-state index is 12.6. The van der Waals surface area contributed by atoms with Crippen molar-refractivity contribution in [3.8, 4) is 0 Å². The molecule has 0 bridgehead atoms. The Kier molecular flexibility index (Phi) is 8.71. The molecule has 0 spiro atoms. The molecule has 0 N–H and O–H groups in total. The van der Waals surface area contributed by atoms with E-state index in [-0.39, 0.29) is 26.1 Å². The van der Waals surface area contributed by atoms with Crippen molar-refractivity contribution in [1.82, 2.24) is 0 Å². The molecule has 0 saturated heterocycles. The molecule has 6 nitrogen and oxygen atoms in total. The van der Waals surface area contributed by atoms with E-state index in [2.05, 4.69) is 0 Å². The summed E-state index contributed by atoms with van der Waals surface area (Å²) in [7, 11) is -3.68. The maximum absolute atomic E-state index is 12.6. The summed E-state index contributed by atoms with van der Waals surface area (Å²) in [5, 5.41) is -0.844. The molecule has 0 heterocycles. The Morgan fingerprint density at radius 1 is 1.14 bits per heavy atom. The highest BCUT2D eigenvalue weighted by atomic mass is 35.5. The lowest BCUT2D eigenvalue weighted by Gasteiger charge is -2.24. The average Bonchev–Trinajstić information content (AvgIpc) is 2.26. The molecule has 0 radical (unpaired) electrons. The van der Waals surface area contributed by atoms with Crippen molar-refractivity contribution in [2.24, 2.45) is 0 Å². The SMILES string of the molecule is CCOP(=O)(OCC)C(CCC(=O)OC(C)(C)C)C(=O)Cl. The first-order valence-corrected chi connectivity index (χ1v) is 8.84. The highest BCUT2D eigenvalue weighted by molar-refractivity contribution is 7.56. The van der Waals surface area contributed by atoms with Gasteiger partial charge >= 0.3 is 13.6 Å². The third-order valence-corrected chi connectivity index (χ3v) is 5.21. The van der Waals surface area contributed by atoms with Crippen LogP contribution in [-0.2, 0) is 27.9 Å². The predicted molar refractivity (Wildman–Crippen MR) is 80.6 cm³/mol. The summed E-state index contributed by atoms with van der Waals surface area (Å²) in [6.45, 7) is 8.71. The van der Waals surface area contributed by atoms with Crippen LogP contribution in [0.3, 0.4) is 0 Å². The molecular formula is C13H24ClO6P. The van der Waals surface area contributed by atoms with Crippen molar-refractivity contribution < 1.29 is 27.9 Å². The van der Waals surface area contributed by atoms with Gasteiger partial charge in [-0.15, -0.1) is 0 Å². The van der Waals surface area contributed by atoms with Gasteiger partial charge in [-0.3, -0.25) is 14.2 Å². The Morgan fingerprint density at radius 2 is 1.62 bits per heavy atom. The second-order valence-corrected chi connectivity index (χ2v) is 7.91. The topological polar surface area (TPSA) is 78.9 Å². The van der Waals surface area contributed by atoms with E-state index in [1.165, 1.54) is 0 Å². The predicted octanol–water partition coefficient (Wildman–Crippen LogP) is 3.51. The number of hydrogen-bond donors (Lipinski definition) is 0. The van der Waals surface area contributed by atoms with Gasteiger partial charge in [0.05, 0.1) is 13.2 Å². The van der Waals surface area contributed by atoms with E-state index in [9.17, 15) is 14.2 Å². The fourth-order valence-electron chi connectivity index (χ4n) is 1.62. The van der Waals surface area contributed by atoms with E-state index in [1.807, 2.05) is 0 Å². The monoisotopic (exact) mass is 342 g/mol. The molecule has 8 heteroatoms. The van der Waals surface area contributed by atoms with Gasteiger partial charge in [0.25, 0.3) is 0 Å². The summed E-state index contributed by atoms with van der Waals surface area (Å²) in [6.07, 6.45) is -0.140. The quantitative estimate of drug-likeness (QED) is 0.362. The molecule has 0 rings (SSSR count). The number of halogens is 1. The van der Waals surface area contributed by atoms with Gasteiger partial charge in [-0.25, -0.2) is 0 Å². The summed E-state index contributed by atoms with van der Waals surface area (Å²) < 4.78 is 27.9. The molecule has 0 saturated carbocycles. The molecule has 0 fully saturated rings. The lowest BCUT2D eigenvalue weighted by molar-refractivity contribution is -0.154. The van der Waals surface area contributed by atoms with Crippen LogP contribution in [0.15, 0.2) is 0 Å². The van der Waals surface area contributed by atoms with Crippen LogP contribution in [0.5, 0.6) is 0 Å². The lowest BCUT2D eigenvalue weighted by Crippen LogP contribution is -2.26. The van der Waals surface area contributed by atoms with Crippen LogP contribution in [0.25, 0.3) is 0 Å². The van der Waals surface area contributed by atoms with Crippen molar-refractivity contribution >= 4 is 30.4 Å². The first-order valence-electron chi connectivity index (χ1n) is 6.85. The van der Waals surface area contributed by atoms with Gasteiger partial charge in [0.2, 0.25) is 5.24 Å². The van der Waals surface area contributed by atoms with Crippen molar-refractivity contribution in [3.05, 3.63) is 0 Å². The Morgan fingerprint density at radius 3 is 1.95 bits per heavy atom. The molecule has 0 aromatic rings. The second-order valence-electron chi connectivity index (χ2n) is 5.32. The highest BCUT2D eigenvalue weighted by Gasteiger charge is 2.40. The fraction of sp³-hybridized carbons (Fsp3) is 0.846. The van der Waals surface area contributed by atoms with Crippen LogP contribution in [-0.4, -0.2) is 35.7 Å².